The second-order valence-electron chi connectivity index (χ2n) is 4.25. The van der Waals surface area contributed by atoms with Gasteiger partial charge < -0.3 is 15.2 Å². The second kappa shape index (κ2) is 6.01. The summed E-state index contributed by atoms with van der Waals surface area (Å²) in [6.07, 6.45) is 0. The van der Waals surface area contributed by atoms with E-state index in [9.17, 15) is 9.18 Å². The Morgan fingerprint density at radius 2 is 1.76 bits per heavy atom. The van der Waals surface area contributed by atoms with Crippen LogP contribution in [0.15, 0.2) is 30.3 Å². The van der Waals surface area contributed by atoms with Gasteiger partial charge in [-0.3, -0.25) is 4.79 Å². The Morgan fingerprint density at radius 1 is 1.14 bits per heavy atom. The summed E-state index contributed by atoms with van der Waals surface area (Å²) >= 11 is 5.80. The van der Waals surface area contributed by atoms with Gasteiger partial charge in [0.2, 0.25) is 0 Å². The van der Waals surface area contributed by atoms with E-state index in [1.807, 2.05) is 0 Å². The van der Waals surface area contributed by atoms with Crippen LogP contribution in [-0.4, -0.2) is 20.0 Å². The van der Waals surface area contributed by atoms with Gasteiger partial charge in [-0.05, 0) is 24.3 Å². The van der Waals surface area contributed by atoms with Gasteiger partial charge in [0.1, 0.15) is 5.82 Å². The van der Waals surface area contributed by atoms with Crippen molar-refractivity contribution in [2.75, 3.05) is 20.0 Å². The summed E-state index contributed by atoms with van der Waals surface area (Å²) < 4.78 is 24.1. The molecule has 0 aliphatic rings. The van der Waals surface area contributed by atoms with Gasteiger partial charge >= 0.3 is 0 Å². The number of carbonyl (C=O) groups is 1. The van der Waals surface area contributed by atoms with Crippen LogP contribution in [0.4, 0.5) is 10.1 Å². The van der Waals surface area contributed by atoms with E-state index in [0.717, 1.165) is 6.07 Å². The smallest absolute Gasteiger partial charge is 0.196 e. The first-order valence-corrected chi connectivity index (χ1v) is 6.37. The first-order valence-electron chi connectivity index (χ1n) is 5.99. The average molecular weight is 310 g/mol. The molecule has 0 fully saturated rings. The minimum Gasteiger partial charge on any atom is -0.493 e. The highest BCUT2D eigenvalue weighted by molar-refractivity contribution is 6.33. The van der Waals surface area contributed by atoms with E-state index < -0.39 is 11.6 Å². The lowest BCUT2D eigenvalue weighted by Gasteiger charge is -2.11. The molecule has 0 aliphatic carbocycles. The van der Waals surface area contributed by atoms with Crippen LogP contribution in [0.3, 0.4) is 0 Å². The lowest BCUT2D eigenvalue weighted by atomic mass is 10.0. The van der Waals surface area contributed by atoms with Gasteiger partial charge in [-0.25, -0.2) is 4.39 Å². The van der Waals surface area contributed by atoms with Gasteiger partial charge in [-0.1, -0.05) is 11.6 Å². The van der Waals surface area contributed by atoms with E-state index in [1.54, 1.807) is 0 Å². The van der Waals surface area contributed by atoms with Crippen LogP contribution < -0.4 is 15.2 Å². The predicted octanol–water partition coefficient (Wildman–Crippen LogP) is 3.31. The number of benzene rings is 2. The zero-order chi connectivity index (χ0) is 15.6. The van der Waals surface area contributed by atoms with Crippen LogP contribution in [0, 0.1) is 5.82 Å². The third kappa shape index (κ3) is 2.92. The van der Waals surface area contributed by atoms with Crippen LogP contribution in [0.2, 0.25) is 5.02 Å². The fourth-order valence-electron chi connectivity index (χ4n) is 1.87. The normalized spacial score (nSPS) is 10.3. The Hall–Kier alpha value is -2.27. The quantitative estimate of drug-likeness (QED) is 0.695. The maximum Gasteiger partial charge on any atom is 0.196 e. The Balaban J connectivity index is 2.50. The Labute approximate surface area is 126 Å². The lowest BCUT2D eigenvalue weighted by Crippen LogP contribution is -2.06. The monoisotopic (exact) mass is 309 g/mol. The number of rotatable bonds is 4. The number of ether oxygens (including phenoxy) is 2. The zero-order valence-corrected chi connectivity index (χ0v) is 12.2. The molecular formula is C15H13ClFNO3. The Morgan fingerprint density at radius 3 is 2.33 bits per heavy atom. The van der Waals surface area contributed by atoms with Gasteiger partial charge in [0.25, 0.3) is 0 Å². The molecule has 2 aromatic rings. The molecule has 2 aromatic carbocycles. The van der Waals surface area contributed by atoms with E-state index in [0.29, 0.717) is 5.02 Å². The standard InChI is InChI=1S/C15H13ClFNO3/c1-20-13-6-9(11(17)7-14(13)21-2)15(19)8-3-4-10(16)12(18)5-8/h3-7H,18H2,1-2H3. The van der Waals surface area contributed by atoms with Crippen molar-refractivity contribution in [2.45, 2.75) is 0 Å². The van der Waals surface area contributed by atoms with Crippen molar-refractivity contribution < 1.29 is 18.7 Å². The molecule has 0 aliphatic heterocycles. The molecule has 2 N–H and O–H groups in total. The van der Waals surface area contributed by atoms with Gasteiger partial charge in [0.05, 0.1) is 30.5 Å². The molecular weight excluding hydrogens is 297 g/mol. The topological polar surface area (TPSA) is 61.5 Å². The van der Waals surface area contributed by atoms with Crippen molar-refractivity contribution >= 4 is 23.1 Å². The molecule has 21 heavy (non-hydrogen) atoms. The molecule has 0 spiro atoms. The summed E-state index contributed by atoms with van der Waals surface area (Å²) in [5.41, 5.74) is 6.02. The third-order valence-corrected chi connectivity index (χ3v) is 3.32. The number of hydrogen-bond donors (Lipinski definition) is 1. The largest absolute Gasteiger partial charge is 0.493 e. The number of carbonyl (C=O) groups excluding carboxylic acids is 1. The summed E-state index contributed by atoms with van der Waals surface area (Å²) in [6, 6.07) is 6.77. The molecule has 6 heteroatoms. The maximum absolute atomic E-state index is 14.1. The summed E-state index contributed by atoms with van der Waals surface area (Å²) in [5.74, 6) is -0.741. The van der Waals surface area contributed by atoms with Gasteiger partial charge in [0.15, 0.2) is 17.3 Å². The van der Waals surface area contributed by atoms with Crippen molar-refractivity contribution in [1.82, 2.24) is 0 Å². The van der Waals surface area contributed by atoms with E-state index in [2.05, 4.69) is 0 Å². The summed E-state index contributed by atoms with van der Waals surface area (Å²) in [4.78, 5) is 12.4. The highest BCUT2D eigenvalue weighted by Crippen LogP contribution is 2.31. The summed E-state index contributed by atoms with van der Waals surface area (Å²) in [7, 11) is 2.79. The lowest BCUT2D eigenvalue weighted by molar-refractivity contribution is 0.103. The van der Waals surface area contributed by atoms with E-state index >= 15 is 0 Å². The molecule has 0 heterocycles. The van der Waals surface area contributed by atoms with Crippen molar-refractivity contribution in [3.63, 3.8) is 0 Å². The Kier molecular flexibility index (Phi) is 4.33. The van der Waals surface area contributed by atoms with E-state index in [1.165, 1.54) is 38.5 Å². The molecule has 2 rings (SSSR count). The highest BCUT2D eigenvalue weighted by Gasteiger charge is 2.19. The molecule has 0 saturated heterocycles. The molecule has 0 saturated carbocycles. The molecule has 0 unspecified atom stereocenters. The van der Waals surface area contributed by atoms with Crippen LogP contribution in [0.5, 0.6) is 11.5 Å². The number of methoxy groups -OCH3 is 2. The first-order chi connectivity index (χ1) is 9.97. The molecule has 0 atom stereocenters. The van der Waals surface area contributed by atoms with Gasteiger partial charge in [0, 0.05) is 11.6 Å². The number of ketones is 1. The van der Waals surface area contributed by atoms with Crippen LogP contribution in [-0.2, 0) is 0 Å². The molecule has 0 radical (unpaired) electrons. The summed E-state index contributed by atoms with van der Waals surface area (Å²) in [5, 5.41) is 0.333. The number of nitrogen functional groups attached to an aromatic ring is 1. The van der Waals surface area contributed by atoms with Crippen molar-refractivity contribution in [1.29, 1.82) is 0 Å². The van der Waals surface area contributed by atoms with Gasteiger partial charge in [-0.2, -0.15) is 0 Å². The van der Waals surface area contributed by atoms with Crippen molar-refractivity contribution in [3.05, 3.63) is 52.3 Å². The molecule has 110 valence electrons. The molecule has 0 aromatic heterocycles. The van der Waals surface area contributed by atoms with Crippen LogP contribution in [0.25, 0.3) is 0 Å². The zero-order valence-electron chi connectivity index (χ0n) is 11.4. The van der Waals surface area contributed by atoms with Crippen molar-refractivity contribution in [3.8, 4) is 11.5 Å². The van der Waals surface area contributed by atoms with E-state index in [4.69, 9.17) is 26.8 Å². The first kappa shape index (κ1) is 15.1. The second-order valence-corrected chi connectivity index (χ2v) is 4.66. The minimum atomic E-state index is -0.703. The SMILES string of the molecule is COc1cc(F)c(C(=O)c2ccc(Cl)c(N)c2)cc1OC. The fraction of sp³-hybridized carbons (Fsp3) is 0.133. The maximum atomic E-state index is 14.1. The minimum absolute atomic E-state index is 0.130. The Bertz CT molecular complexity index is 704. The molecule has 0 amide bonds. The number of hydrogen-bond acceptors (Lipinski definition) is 4. The number of halogens is 2. The molecule has 4 nitrogen and oxygen atoms in total. The molecule has 0 bridgehead atoms. The van der Waals surface area contributed by atoms with Gasteiger partial charge in [-0.15, -0.1) is 0 Å². The number of anilines is 1. The summed E-state index contributed by atoms with van der Waals surface area (Å²) in [6.45, 7) is 0. The van der Waals surface area contributed by atoms with Crippen LogP contribution >= 0.6 is 11.6 Å². The average Bonchev–Trinajstić information content (AvgIpc) is 2.49. The van der Waals surface area contributed by atoms with Crippen LogP contribution in [0.1, 0.15) is 15.9 Å². The predicted molar refractivity (Wildman–Crippen MR) is 78.8 cm³/mol. The third-order valence-electron chi connectivity index (χ3n) is 2.98. The highest BCUT2D eigenvalue weighted by atomic mass is 35.5. The van der Waals surface area contributed by atoms with Crippen molar-refractivity contribution in [2.24, 2.45) is 0 Å². The van der Waals surface area contributed by atoms with E-state index in [-0.39, 0.29) is 28.3 Å². The number of nitrogens with two attached hydrogens (primary N) is 1. The fourth-order valence-corrected chi connectivity index (χ4v) is 1.99.